The highest BCUT2D eigenvalue weighted by atomic mass is 35.5. The summed E-state index contributed by atoms with van der Waals surface area (Å²) >= 11 is 6.04. The molecule has 5 heteroatoms. The van der Waals surface area contributed by atoms with Gasteiger partial charge in [0.15, 0.2) is 11.5 Å². The van der Waals surface area contributed by atoms with Crippen LogP contribution < -0.4 is 9.47 Å². The standard InChI is InChI=1S/C16H19ClO4/c1-20-14-10-12(17)9-11(7-8-15(18)19)16(14)21-13-5-3-2-4-6-13/h7-10,13H,2-6H2,1H3,(H,18,19)/b8-7+. The first-order chi connectivity index (χ1) is 10.1. The molecule has 1 aromatic carbocycles. The van der Waals surface area contributed by atoms with Gasteiger partial charge in [0.05, 0.1) is 13.2 Å². The second-order valence-corrected chi connectivity index (χ2v) is 5.51. The van der Waals surface area contributed by atoms with Crippen molar-refractivity contribution >= 4 is 23.6 Å². The number of ether oxygens (including phenoxy) is 2. The van der Waals surface area contributed by atoms with Crippen LogP contribution in [0.1, 0.15) is 37.7 Å². The highest BCUT2D eigenvalue weighted by molar-refractivity contribution is 6.31. The number of carboxylic acid groups (broad SMARTS) is 1. The number of rotatable bonds is 5. The van der Waals surface area contributed by atoms with Gasteiger partial charge in [-0.05, 0) is 37.8 Å². The van der Waals surface area contributed by atoms with Gasteiger partial charge in [-0.2, -0.15) is 0 Å². The number of carboxylic acids is 1. The third-order valence-corrected chi connectivity index (χ3v) is 3.73. The van der Waals surface area contributed by atoms with E-state index in [1.54, 1.807) is 19.2 Å². The summed E-state index contributed by atoms with van der Waals surface area (Å²) in [6.07, 6.45) is 8.26. The van der Waals surface area contributed by atoms with E-state index in [1.807, 2.05) is 0 Å². The lowest BCUT2D eigenvalue weighted by molar-refractivity contribution is -0.131. The molecule has 0 unspecified atom stereocenters. The van der Waals surface area contributed by atoms with E-state index in [4.69, 9.17) is 26.2 Å². The van der Waals surface area contributed by atoms with E-state index in [0.717, 1.165) is 31.8 Å². The van der Waals surface area contributed by atoms with Crippen molar-refractivity contribution in [2.45, 2.75) is 38.2 Å². The van der Waals surface area contributed by atoms with Crippen LogP contribution in [0, 0.1) is 0 Å². The molecule has 114 valence electrons. The number of halogens is 1. The summed E-state index contributed by atoms with van der Waals surface area (Å²) in [5, 5.41) is 9.27. The fourth-order valence-electron chi connectivity index (χ4n) is 2.50. The lowest BCUT2D eigenvalue weighted by atomic mass is 9.97. The molecule has 0 heterocycles. The van der Waals surface area contributed by atoms with E-state index in [9.17, 15) is 4.79 Å². The number of carbonyl (C=O) groups is 1. The van der Waals surface area contributed by atoms with Gasteiger partial charge in [0, 0.05) is 22.7 Å². The third-order valence-electron chi connectivity index (χ3n) is 3.51. The Kier molecular flexibility index (Phi) is 5.51. The van der Waals surface area contributed by atoms with Gasteiger partial charge in [0.25, 0.3) is 0 Å². The van der Waals surface area contributed by atoms with Crippen LogP contribution in [0.3, 0.4) is 0 Å². The average Bonchev–Trinajstić information content (AvgIpc) is 2.48. The van der Waals surface area contributed by atoms with Crippen molar-refractivity contribution in [3.05, 3.63) is 28.8 Å². The zero-order chi connectivity index (χ0) is 15.2. The summed E-state index contributed by atoms with van der Waals surface area (Å²) in [7, 11) is 1.55. The third kappa shape index (κ3) is 4.39. The Morgan fingerprint density at radius 1 is 1.33 bits per heavy atom. The number of benzene rings is 1. The van der Waals surface area contributed by atoms with E-state index in [-0.39, 0.29) is 6.10 Å². The van der Waals surface area contributed by atoms with Crippen molar-refractivity contribution < 1.29 is 19.4 Å². The molecular weight excluding hydrogens is 292 g/mol. The first-order valence-electron chi connectivity index (χ1n) is 7.05. The number of aliphatic carboxylic acids is 1. The molecule has 0 saturated heterocycles. The van der Waals surface area contributed by atoms with Crippen molar-refractivity contribution in [2.24, 2.45) is 0 Å². The van der Waals surface area contributed by atoms with E-state index in [1.165, 1.54) is 12.5 Å². The maximum absolute atomic E-state index is 10.7. The van der Waals surface area contributed by atoms with Crippen LogP contribution in [-0.2, 0) is 4.79 Å². The zero-order valence-corrected chi connectivity index (χ0v) is 12.7. The van der Waals surface area contributed by atoms with E-state index in [0.29, 0.717) is 22.1 Å². The fourth-order valence-corrected chi connectivity index (χ4v) is 2.72. The zero-order valence-electron chi connectivity index (χ0n) is 12.0. The molecule has 0 spiro atoms. The van der Waals surface area contributed by atoms with Gasteiger partial charge in [-0.1, -0.05) is 18.0 Å². The molecule has 2 rings (SSSR count). The predicted octanol–water partition coefficient (Wildman–Crippen LogP) is 4.16. The smallest absolute Gasteiger partial charge is 0.328 e. The molecule has 1 aromatic rings. The van der Waals surface area contributed by atoms with Crippen molar-refractivity contribution in [3.8, 4) is 11.5 Å². The molecule has 21 heavy (non-hydrogen) atoms. The Labute approximate surface area is 129 Å². The first kappa shape index (κ1) is 15.7. The predicted molar refractivity (Wildman–Crippen MR) is 82.2 cm³/mol. The molecule has 0 aliphatic heterocycles. The van der Waals surface area contributed by atoms with Crippen LogP contribution in [0.4, 0.5) is 0 Å². The summed E-state index contributed by atoms with van der Waals surface area (Å²) < 4.78 is 11.4. The van der Waals surface area contributed by atoms with E-state index < -0.39 is 5.97 Å². The Hall–Kier alpha value is -1.68. The van der Waals surface area contributed by atoms with E-state index in [2.05, 4.69) is 0 Å². The van der Waals surface area contributed by atoms with Crippen molar-refractivity contribution in [3.63, 3.8) is 0 Å². The largest absolute Gasteiger partial charge is 0.493 e. The normalized spacial score (nSPS) is 16.1. The van der Waals surface area contributed by atoms with Gasteiger partial charge in [0.2, 0.25) is 0 Å². The summed E-state index contributed by atoms with van der Waals surface area (Å²) in [5.41, 5.74) is 0.618. The van der Waals surface area contributed by atoms with Crippen LogP contribution >= 0.6 is 11.6 Å². The average molecular weight is 311 g/mol. The highest BCUT2D eigenvalue weighted by Crippen LogP contribution is 2.37. The molecule has 0 atom stereocenters. The van der Waals surface area contributed by atoms with Gasteiger partial charge in [-0.15, -0.1) is 0 Å². The Bertz CT molecular complexity index is 533. The maximum atomic E-state index is 10.7. The van der Waals surface area contributed by atoms with Crippen LogP contribution in [0.2, 0.25) is 5.02 Å². The van der Waals surface area contributed by atoms with Gasteiger partial charge in [0.1, 0.15) is 0 Å². The maximum Gasteiger partial charge on any atom is 0.328 e. The van der Waals surface area contributed by atoms with Gasteiger partial charge in [-0.25, -0.2) is 4.79 Å². The second-order valence-electron chi connectivity index (χ2n) is 5.08. The lowest BCUT2D eigenvalue weighted by Gasteiger charge is -2.25. The molecular formula is C16H19ClO4. The first-order valence-corrected chi connectivity index (χ1v) is 7.43. The van der Waals surface area contributed by atoms with Crippen LogP contribution in [0.5, 0.6) is 11.5 Å². The Morgan fingerprint density at radius 3 is 2.67 bits per heavy atom. The molecule has 0 bridgehead atoms. The van der Waals surface area contributed by atoms with Gasteiger partial charge >= 0.3 is 5.97 Å². The van der Waals surface area contributed by atoms with Gasteiger partial charge < -0.3 is 14.6 Å². The molecule has 1 N–H and O–H groups in total. The molecule has 0 aromatic heterocycles. The lowest BCUT2D eigenvalue weighted by Crippen LogP contribution is -2.20. The molecule has 1 saturated carbocycles. The topological polar surface area (TPSA) is 55.8 Å². The summed E-state index contributed by atoms with van der Waals surface area (Å²) in [6, 6.07) is 3.36. The highest BCUT2D eigenvalue weighted by Gasteiger charge is 2.19. The molecule has 4 nitrogen and oxygen atoms in total. The number of methoxy groups -OCH3 is 1. The summed E-state index contributed by atoms with van der Waals surface area (Å²) in [5.74, 6) is 0.0713. The summed E-state index contributed by atoms with van der Waals surface area (Å²) in [6.45, 7) is 0. The minimum Gasteiger partial charge on any atom is -0.493 e. The van der Waals surface area contributed by atoms with Crippen molar-refractivity contribution in [1.29, 1.82) is 0 Å². The minimum absolute atomic E-state index is 0.144. The quantitative estimate of drug-likeness (QED) is 0.830. The molecule has 1 fully saturated rings. The minimum atomic E-state index is -1.02. The molecule has 1 aliphatic carbocycles. The van der Waals surface area contributed by atoms with Gasteiger partial charge in [-0.3, -0.25) is 0 Å². The Balaban J connectivity index is 2.32. The Morgan fingerprint density at radius 2 is 2.05 bits per heavy atom. The SMILES string of the molecule is COc1cc(Cl)cc(/C=C/C(=O)O)c1OC1CCCCC1. The second kappa shape index (κ2) is 7.36. The number of hydrogen-bond donors (Lipinski definition) is 1. The van der Waals surface area contributed by atoms with Crippen LogP contribution in [0.15, 0.2) is 18.2 Å². The monoisotopic (exact) mass is 310 g/mol. The van der Waals surface area contributed by atoms with Crippen molar-refractivity contribution in [1.82, 2.24) is 0 Å². The summed E-state index contributed by atoms with van der Waals surface area (Å²) in [4.78, 5) is 10.7. The van der Waals surface area contributed by atoms with Crippen LogP contribution in [0.25, 0.3) is 6.08 Å². The van der Waals surface area contributed by atoms with Crippen molar-refractivity contribution in [2.75, 3.05) is 7.11 Å². The fraction of sp³-hybridized carbons (Fsp3) is 0.438. The molecule has 1 aliphatic rings. The number of hydrogen-bond acceptors (Lipinski definition) is 3. The molecule has 0 amide bonds. The molecule has 0 radical (unpaired) electrons. The van der Waals surface area contributed by atoms with Crippen LogP contribution in [-0.4, -0.2) is 24.3 Å². The van der Waals surface area contributed by atoms with E-state index >= 15 is 0 Å².